The molecule has 6 nitrogen and oxygen atoms in total. The Hall–Kier alpha value is -4.01. The Kier molecular flexibility index (Phi) is 3.92. The van der Waals surface area contributed by atoms with Crippen LogP contribution in [0.5, 0.6) is 0 Å². The maximum atomic E-state index is 13.2. The van der Waals surface area contributed by atoms with Gasteiger partial charge in [-0.1, -0.05) is 36.4 Å². The predicted octanol–water partition coefficient (Wildman–Crippen LogP) is 4.32. The van der Waals surface area contributed by atoms with Gasteiger partial charge in [0.25, 0.3) is 5.56 Å². The highest BCUT2D eigenvalue weighted by molar-refractivity contribution is 5.86. The average Bonchev–Trinajstić information content (AvgIpc) is 3.17. The summed E-state index contributed by atoms with van der Waals surface area (Å²) in [5, 5.41) is 4.17. The molecule has 0 amide bonds. The van der Waals surface area contributed by atoms with E-state index in [-0.39, 0.29) is 17.0 Å². The summed E-state index contributed by atoms with van der Waals surface area (Å²) < 4.78 is 40.3. The molecule has 0 aliphatic rings. The average molecular weight is 407 g/mol. The first-order valence-corrected chi connectivity index (χ1v) is 8.91. The lowest BCUT2D eigenvalue weighted by Gasteiger charge is -2.08. The predicted molar refractivity (Wildman–Crippen MR) is 105 cm³/mol. The number of benzene rings is 2. The summed E-state index contributed by atoms with van der Waals surface area (Å²) in [6.45, 7) is 0. The van der Waals surface area contributed by atoms with E-state index in [4.69, 9.17) is 0 Å². The van der Waals surface area contributed by atoms with Crippen molar-refractivity contribution >= 4 is 16.6 Å². The molecule has 1 N–H and O–H groups in total. The number of alkyl halides is 3. The van der Waals surface area contributed by atoms with E-state index < -0.39 is 17.4 Å². The van der Waals surface area contributed by atoms with Crippen LogP contribution in [-0.2, 0) is 6.18 Å². The SMILES string of the molecule is O=c1[nH]c(-c2cnn3c(C(F)(F)F)ccnc23)nc2ccc(-c3ccccc3)cc12. The van der Waals surface area contributed by atoms with E-state index in [0.29, 0.717) is 15.4 Å². The topological polar surface area (TPSA) is 75.9 Å². The van der Waals surface area contributed by atoms with Crippen molar-refractivity contribution in [2.75, 3.05) is 0 Å². The number of nitrogens with one attached hydrogen (secondary N) is 1. The number of rotatable bonds is 2. The van der Waals surface area contributed by atoms with Gasteiger partial charge in [0.2, 0.25) is 0 Å². The summed E-state index contributed by atoms with van der Waals surface area (Å²) in [5.41, 5.74) is 1.01. The molecule has 9 heteroatoms. The summed E-state index contributed by atoms with van der Waals surface area (Å²) in [6.07, 6.45) is -2.34. The van der Waals surface area contributed by atoms with Gasteiger partial charge in [-0.05, 0) is 29.3 Å². The summed E-state index contributed by atoms with van der Waals surface area (Å²) in [4.78, 5) is 23.8. The zero-order chi connectivity index (χ0) is 20.9. The number of aromatic amines is 1. The molecule has 0 unspecified atom stereocenters. The van der Waals surface area contributed by atoms with E-state index in [2.05, 4.69) is 20.1 Å². The normalized spacial score (nSPS) is 12.0. The van der Waals surface area contributed by atoms with Crippen LogP contribution in [0.2, 0.25) is 0 Å². The van der Waals surface area contributed by atoms with Crippen LogP contribution in [-0.4, -0.2) is 24.6 Å². The smallest absolute Gasteiger partial charge is 0.306 e. The van der Waals surface area contributed by atoms with Gasteiger partial charge < -0.3 is 4.98 Å². The van der Waals surface area contributed by atoms with Gasteiger partial charge in [0.05, 0.1) is 22.7 Å². The molecule has 0 aliphatic heterocycles. The van der Waals surface area contributed by atoms with E-state index in [1.165, 1.54) is 6.20 Å². The van der Waals surface area contributed by atoms with Crippen LogP contribution >= 0.6 is 0 Å². The Morgan fingerprint density at radius 1 is 0.967 bits per heavy atom. The summed E-state index contributed by atoms with van der Waals surface area (Å²) in [5.74, 6) is 0.0989. The molecule has 30 heavy (non-hydrogen) atoms. The van der Waals surface area contributed by atoms with Crippen LogP contribution in [0.1, 0.15) is 5.69 Å². The Labute approximate surface area is 166 Å². The van der Waals surface area contributed by atoms with Gasteiger partial charge in [-0.15, -0.1) is 0 Å². The molecule has 148 valence electrons. The van der Waals surface area contributed by atoms with Gasteiger partial charge in [-0.3, -0.25) is 4.79 Å². The van der Waals surface area contributed by atoms with Gasteiger partial charge in [-0.25, -0.2) is 14.5 Å². The van der Waals surface area contributed by atoms with Crippen LogP contribution in [0, 0.1) is 0 Å². The maximum absolute atomic E-state index is 13.2. The molecule has 3 heterocycles. The van der Waals surface area contributed by atoms with E-state index in [1.807, 2.05) is 36.4 Å². The molecule has 0 bridgehead atoms. The number of hydrogen-bond acceptors (Lipinski definition) is 4. The number of hydrogen-bond donors (Lipinski definition) is 1. The summed E-state index contributed by atoms with van der Waals surface area (Å²) in [7, 11) is 0. The molecule has 0 atom stereocenters. The quantitative estimate of drug-likeness (QED) is 0.473. The molecule has 0 fully saturated rings. The molecule has 5 rings (SSSR count). The van der Waals surface area contributed by atoms with Gasteiger partial charge >= 0.3 is 6.18 Å². The van der Waals surface area contributed by atoms with Crippen LogP contribution in [0.25, 0.3) is 39.1 Å². The largest absolute Gasteiger partial charge is 0.433 e. The Morgan fingerprint density at radius 2 is 1.77 bits per heavy atom. The second kappa shape index (κ2) is 6.51. The molecule has 0 saturated heterocycles. The zero-order valence-corrected chi connectivity index (χ0v) is 15.2. The third-order valence-electron chi connectivity index (χ3n) is 4.76. The van der Waals surface area contributed by atoms with E-state index in [0.717, 1.165) is 23.4 Å². The first kappa shape index (κ1) is 18.0. The molecule has 5 aromatic rings. The number of halogens is 3. The summed E-state index contributed by atoms with van der Waals surface area (Å²) in [6, 6.07) is 15.7. The Balaban J connectivity index is 1.67. The van der Waals surface area contributed by atoms with Crippen molar-refractivity contribution in [1.82, 2.24) is 24.6 Å². The Bertz CT molecular complexity index is 1460. The van der Waals surface area contributed by atoms with Crippen LogP contribution in [0.4, 0.5) is 13.2 Å². The fourth-order valence-electron chi connectivity index (χ4n) is 3.35. The van der Waals surface area contributed by atoms with Gasteiger partial charge in [0, 0.05) is 6.20 Å². The van der Waals surface area contributed by atoms with Crippen molar-refractivity contribution < 1.29 is 13.2 Å². The highest BCUT2D eigenvalue weighted by Crippen LogP contribution is 2.31. The van der Waals surface area contributed by atoms with E-state index >= 15 is 0 Å². The van der Waals surface area contributed by atoms with Crippen molar-refractivity contribution in [2.24, 2.45) is 0 Å². The lowest BCUT2D eigenvalue weighted by atomic mass is 10.0. The zero-order valence-electron chi connectivity index (χ0n) is 15.2. The minimum Gasteiger partial charge on any atom is -0.306 e. The maximum Gasteiger partial charge on any atom is 0.433 e. The molecular weight excluding hydrogens is 395 g/mol. The minimum atomic E-state index is -4.59. The lowest BCUT2D eigenvalue weighted by Crippen LogP contribution is -2.13. The van der Waals surface area contributed by atoms with Crippen molar-refractivity contribution in [3.05, 3.63) is 83.0 Å². The fourth-order valence-corrected chi connectivity index (χ4v) is 3.35. The molecule has 2 aromatic carbocycles. The standard InChI is InChI=1S/C21H12F3N5O/c22-21(23,24)17-8-9-25-19-15(11-26-29(17)19)18-27-16-7-6-13(10-14(16)20(30)28-18)12-4-2-1-3-5-12/h1-11H,(H,27,28,30). The lowest BCUT2D eigenvalue weighted by molar-refractivity contribution is -0.142. The van der Waals surface area contributed by atoms with Crippen LogP contribution in [0.15, 0.2) is 71.8 Å². The first-order valence-electron chi connectivity index (χ1n) is 8.91. The number of aromatic nitrogens is 5. The highest BCUT2D eigenvalue weighted by atomic mass is 19.4. The van der Waals surface area contributed by atoms with Crippen molar-refractivity contribution in [3.63, 3.8) is 0 Å². The fraction of sp³-hybridized carbons (Fsp3) is 0.0476. The van der Waals surface area contributed by atoms with Gasteiger partial charge in [-0.2, -0.15) is 18.3 Å². The summed E-state index contributed by atoms with van der Waals surface area (Å²) >= 11 is 0. The third kappa shape index (κ3) is 2.91. The minimum absolute atomic E-state index is 0.0479. The second-order valence-corrected chi connectivity index (χ2v) is 6.63. The van der Waals surface area contributed by atoms with Gasteiger partial charge in [0.15, 0.2) is 5.65 Å². The number of nitrogens with zero attached hydrogens (tertiary/aromatic N) is 4. The highest BCUT2D eigenvalue weighted by Gasteiger charge is 2.34. The van der Waals surface area contributed by atoms with Crippen LogP contribution in [0.3, 0.4) is 0 Å². The number of fused-ring (bicyclic) bond motifs is 2. The number of H-pyrrole nitrogens is 1. The Morgan fingerprint density at radius 3 is 2.53 bits per heavy atom. The first-order chi connectivity index (χ1) is 14.4. The molecule has 0 radical (unpaired) electrons. The molecule has 0 saturated carbocycles. The van der Waals surface area contributed by atoms with Crippen molar-refractivity contribution in [3.8, 4) is 22.5 Å². The molecular formula is C21H12F3N5O. The van der Waals surface area contributed by atoms with Crippen molar-refractivity contribution in [2.45, 2.75) is 6.18 Å². The van der Waals surface area contributed by atoms with E-state index in [1.54, 1.807) is 12.1 Å². The monoisotopic (exact) mass is 407 g/mol. The van der Waals surface area contributed by atoms with Crippen molar-refractivity contribution in [1.29, 1.82) is 0 Å². The molecule has 3 aromatic heterocycles. The van der Waals surface area contributed by atoms with Gasteiger partial charge in [0.1, 0.15) is 11.5 Å². The third-order valence-corrected chi connectivity index (χ3v) is 4.76. The molecule has 0 spiro atoms. The second-order valence-electron chi connectivity index (χ2n) is 6.63. The van der Waals surface area contributed by atoms with Crippen LogP contribution < -0.4 is 5.56 Å². The van der Waals surface area contributed by atoms with E-state index in [9.17, 15) is 18.0 Å². The molecule has 0 aliphatic carbocycles.